The number of carbonyl (C=O) groups is 1. The highest BCUT2D eigenvalue weighted by Crippen LogP contribution is 2.26. The molecule has 0 bridgehead atoms. The van der Waals surface area contributed by atoms with Gasteiger partial charge in [0.25, 0.3) is 0 Å². The largest absolute Gasteiger partial charge is 0.494 e. The number of ether oxygens (including phenoxy) is 1. The summed E-state index contributed by atoms with van der Waals surface area (Å²) in [6.07, 6.45) is 0.814. The lowest BCUT2D eigenvalue weighted by atomic mass is 10.1. The fourth-order valence-electron chi connectivity index (χ4n) is 3.11. The number of hydrogen-bond donors (Lipinski definition) is 0. The van der Waals surface area contributed by atoms with Crippen LogP contribution in [0, 0.1) is 5.82 Å². The van der Waals surface area contributed by atoms with Crippen molar-refractivity contribution in [3.63, 3.8) is 0 Å². The Hall–Kier alpha value is -2.44. The molecule has 152 valence electrons. The zero-order valence-corrected chi connectivity index (χ0v) is 18.1. The van der Waals surface area contributed by atoms with Crippen molar-refractivity contribution >= 4 is 34.5 Å². The van der Waals surface area contributed by atoms with Gasteiger partial charge in [-0.1, -0.05) is 23.7 Å². The van der Waals surface area contributed by atoms with Crippen molar-refractivity contribution in [1.29, 1.82) is 0 Å². The van der Waals surface area contributed by atoms with Crippen molar-refractivity contribution in [2.75, 3.05) is 12.0 Å². The first-order valence-electron chi connectivity index (χ1n) is 9.20. The van der Waals surface area contributed by atoms with Gasteiger partial charge in [0.1, 0.15) is 0 Å². The summed E-state index contributed by atoms with van der Waals surface area (Å²) in [5, 5.41) is 3.50. The van der Waals surface area contributed by atoms with Crippen LogP contribution in [0.15, 0.2) is 47.8 Å². The van der Waals surface area contributed by atoms with E-state index in [9.17, 15) is 9.18 Å². The zero-order chi connectivity index (χ0) is 21.0. The van der Waals surface area contributed by atoms with Gasteiger partial charge in [0, 0.05) is 34.6 Å². The Morgan fingerprint density at radius 2 is 2.07 bits per heavy atom. The molecule has 2 aromatic carbocycles. The molecular weight excluding hydrogens is 411 g/mol. The first kappa shape index (κ1) is 21.3. The smallest absolute Gasteiger partial charge is 0.233 e. The van der Waals surface area contributed by atoms with Gasteiger partial charge in [-0.25, -0.2) is 9.37 Å². The quantitative estimate of drug-likeness (QED) is 0.493. The van der Waals surface area contributed by atoms with Crippen LogP contribution in [0.25, 0.3) is 0 Å². The van der Waals surface area contributed by atoms with E-state index < -0.39 is 5.82 Å². The summed E-state index contributed by atoms with van der Waals surface area (Å²) in [6.45, 7) is 3.79. The normalized spacial score (nSPS) is 11.0. The molecule has 0 radical (unpaired) electrons. The number of carbonyl (C=O) groups excluding carboxylic acids is 1. The number of halogens is 2. The fraction of sp³-hybridized carbons (Fsp3) is 0.273. The summed E-state index contributed by atoms with van der Waals surface area (Å²) < 4.78 is 19.1. The molecule has 0 aliphatic heterocycles. The molecular formula is C22H22ClFN2O2S. The molecule has 0 aliphatic carbocycles. The molecule has 0 spiro atoms. The maximum atomic E-state index is 14.1. The van der Waals surface area contributed by atoms with Crippen molar-refractivity contribution in [2.24, 2.45) is 0 Å². The van der Waals surface area contributed by atoms with Crippen molar-refractivity contribution in [3.05, 3.63) is 74.9 Å². The number of anilines is 1. The SMILES string of the molecule is COc1ccc(N(C(=O)Cc2csc(Cc3cccc(Cl)c3)n2)C(C)C)cc1F. The molecule has 1 heterocycles. The van der Waals surface area contributed by atoms with Crippen molar-refractivity contribution in [2.45, 2.75) is 32.7 Å². The Morgan fingerprint density at radius 3 is 2.72 bits per heavy atom. The van der Waals surface area contributed by atoms with Crippen molar-refractivity contribution in [3.8, 4) is 5.75 Å². The Kier molecular flexibility index (Phi) is 6.87. The maximum absolute atomic E-state index is 14.1. The van der Waals surface area contributed by atoms with Gasteiger partial charge < -0.3 is 9.64 Å². The Balaban J connectivity index is 1.74. The maximum Gasteiger partial charge on any atom is 0.233 e. The first-order chi connectivity index (χ1) is 13.9. The van der Waals surface area contributed by atoms with Crippen molar-refractivity contribution < 1.29 is 13.9 Å². The van der Waals surface area contributed by atoms with E-state index in [-0.39, 0.29) is 24.1 Å². The fourth-order valence-corrected chi connectivity index (χ4v) is 4.15. The average molecular weight is 433 g/mol. The minimum Gasteiger partial charge on any atom is -0.494 e. The van der Waals surface area contributed by atoms with Gasteiger partial charge in [0.15, 0.2) is 11.6 Å². The molecule has 1 aromatic heterocycles. The van der Waals surface area contributed by atoms with Crippen LogP contribution in [0.2, 0.25) is 5.02 Å². The van der Waals surface area contributed by atoms with Crippen LogP contribution in [0.3, 0.4) is 0 Å². The highest BCUT2D eigenvalue weighted by molar-refractivity contribution is 7.09. The molecule has 0 atom stereocenters. The molecule has 4 nitrogen and oxygen atoms in total. The van der Waals surface area contributed by atoms with Gasteiger partial charge in [-0.2, -0.15) is 0 Å². The highest BCUT2D eigenvalue weighted by atomic mass is 35.5. The molecule has 3 aromatic rings. The predicted octanol–water partition coefficient (Wildman–Crippen LogP) is 5.52. The van der Waals surface area contributed by atoms with Crippen LogP contribution < -0.4 is 9.64 Å². The molecule has 3 rings (SSSR count). The number of nitrogens with zero attached hydrogens (tertiary/aromatic N) is 2. The van der Waals surface area contributed by atoms with Crippen LogP contribution in [-0.4, -0.2) is 24.0 Å². The summed E-state index contributed by atoms with van der Waals surface area (Å²) in [6, 6.07) is 12.1. The Bertz CT molecular complexity index is 1010. The van der Waals surface area contributed by atoms with Crippen LogP contribution in [0.4, 0.5) is 10.1 Å². The Morgan fingerprint density at radius 1 is 1.28 bits per heavy atom. The second kappa shape index (κ2) is 9.37. The molecule has 0 saturated carbocycles. The van der Waals surface area contributed by atoms with Gasteiger partial charge in [-0.3, -0.25) is 4.79 Å². The lowest BCUT2D eigenvalue weighted by molar-refractivity contribution is -0.118. The monoisotopic (exact) mass is 432 g/mol. The molecule has 0 unspecified atom stereocenters. The van der Waals surface area contributed by atoms with E-state index >= 15 is 0 Å². The van der Waals surface area contributed by atoms with E-state index in [1.54, 1.807) is 11.0 Å². The molecule has 29 heavy (non-hydrogen) atoms. The van der Waals surface area contributed by atoms with Crippen LogP contribution in [0.1, 0.15) is 30.1 Å². The third-order valence-corrected chi connectivity index (χ3v) is 5.51. The van der Waals surface area contributed by atoms with E-state index in [1.165, 1.54) is 30.6 Å². The minimum absolute atomic E-state index is 0.125. The number of methoxy groups -OCH3 is 1. The molecule has 0 aliphatic rings. The molecule has 7 heteroatoms. The first-order valence-corrected chi connectivity index (χ1v) is 10.5. The van der Waals surface area contributed by atoms with Gasteiger partial charge >= 0.3 is 0 Å². The topological polar surface area (TPSA) is 42.4 Å². The van der Waals surface area contributed by atoms with E-state index in [0.29, 0.717) is 22.8 Å². The zero-order valence-electron chi connectivity index (χ0n) is 16.5. The van der Waals surface area contributed by atoms with Gasteiger partial charge in [-0.15, -0.1) is 11.3 Å². The standard InChI is InChI=1S/C22H22ClFN2O2S/c1-14(2)26(18-7-8-20(28-3)19(24)12-18)22(27)11-17-13-29-21(25-17)10-15-5-4-6-16(23)9-15/h4-9,12-14H,10-11H2,1-3H3. The van der Waals surface area contributed by atoms with E-state index in [0.717, 1.165) is 10.6 Å². The van der Waals surface area contributed by atoms with Crippen LogP contribution in [-0.2, 0) is 17.6 Å². The van der Waals surface area contributed by atoms with Gasteiger partial charge in [0.2, 0.25) is 5.91 Å². The van der Waals surface area contributed by atoms with E-state index in [2.05, 4.69) is 4.98 Å². The number of thiazole rings is 1. The summed E-state index contributed by atoms with van der Waals surface area (Å²) in [7, 11) is 1.41. The lowest BCUT2D eigenvalue weighted by Crippen LogP contribution is -2.38. The van der Waals surface area contributed by atoms with Gasteiger partial charge in [-0.05, 0) is 43.7 Å². The number of hydrogen-bond acceptors (Lipinski definition) is 4. The average Bonchev–Trinajstić information content (AvgIpc) is 3.08. The summed E-state index contributed by atoms with van der Waals surface area (Å²) in [4.78, 5) is 19.1. The summed E-state index contributed by atoms with van der Waals surface area (Å²) >= 11 is 7.55. The van der Waals surface area contributed by atoms with E-state index in [1.807, 2.05) is 43.5 Å². The predicted molar refractivity (Wildman–Crippen MR) is 116 cm³/mol. The molecule has 0 N–H and O–H groups in total. The van der Waals surface area contributed by atoms with Crippen molar-refractivity contribution in [1.82, 2.24) is 4.98 Å². The lowest BCUT2D eigenvalue weighted by Gasteiger charge is -2.27. The highest BCUT2D eigenvalue weighted by Gasteiger charge is 2.21. The third kappa shape index (κ3) is 5.34. The number of benzene rings is 2. The number of rotatable bonds is 7. The second-order valence-electron chi connectivity index (χ2n) is 6.89. The van der Waals surface area contributed by atoms with E-state index in [4.69, 9.17) is 16.3 Å². The van der Waals surface area contributed by atoms with Crippen LogP contribution in [0.5, 0.6) is 5.75 Å². The van der Waals surface area contributed by atoms with Crippen LogP contribution >= 0.6 is 22.9 Å². The van der Waals surface area contributed by atoms with Gasteiger partial charge in [0.05, 0.1) is 24.2 Å². The third-order valence-electron chi connectivity index (χ3n) is 4.37. The minimum atomic E-state index is -0.499. The summed E-state index contributed by atoms with van der Waals surface area (Å²) in [5.41, 5.74) is 2.27. The Labute approximate surface area is 178 Å². The molecule has 0 fully saturated rings. The molecule has 0 saturated heterocycles. The molecule has 1 amide bonds. The second-order valence-corrected chi connectivity index (χ2v) is 8.27. The summed E-state index contributed by atoms with van der Waals surface area (Å²) in [5.74, 6) is -0.486. The number of aromatic nitrogens is 1. The number of amides is 1.